The minimum atomic E-state index is -1.06. The summed E-state index contributed by atoms with van der Waals surface area (Å²) < 4.78 is 0. The van der Waals surface area contributed by atoms with Crippen LogP contribution in [0.3, 0.4) is 0 Å². The molecule has 16 nitrogen and oxygen atoms in total. The first-order chi connectivity index (χ1) is 26.6. The number of phenols is 1. The van der Waals surface area contributed by atoms with E-state index in [0.717, 1.165) is 0 Å². The first kappa shape index (κ1) is 47.5. The molecule has 56 heavy (non-hydrogen) atoms. The molecule has 0 bridgehead atoms. The van der Waals surface area contributed by atoms with E-state index < -0.39 is 47.7 Å². The van der Waals surface area contributed by atoms with Gasteiger partial charge >= 0.3 is 0 Å². The maximum atomic E-state index is 13.8. The standard InChI is InChI=1S/C40H64N8O8/c1-3-25(2)37-34(52)19-11-27(7-4-5-21-41)35(53)24-46-31(17-15-30(50)16-20-36(54)48-37)33(51)18-12-28(8-6-22-45-40(43)44)39(56)47-32(38(42)55)23-26-9-13-29(49)14-10-26/h9-10,13-14,25,27-28,31-32,37,46,49H,3-8,11-12,15-24,41H2,1-2H3,(H2,42,55)(H,47,56)(H,48,54)(H4,43,44,45)/t25-,27+,28+,31-,32-,37-/m0/s1. The van der Waals surface area contributed by atoms with E-state index >= 15 is 0 Å². The highest BCUT2D eigenvalue weighted by Gasteiger charge is 2.30. The van der Waals surface area contributed by atoms with Crippen molar-refractivity contribution >= 4 is 46.8 Å². The van der Waals surface area contributed by atoms with E-state index in [0.29, 0.717) is 50.6 Å². The van der Waals surface area contributed by atoms with Crippen molar-refractivity contribution in [2.75, 3.05) is 19.6 Å². The fraction of sp³-hybridized carbons (Fsp3) is 0.650. The van der Waals surface area contributed by atoms with E-state index in [4.69, 9.17) is 22.9 Å². The Balaban J connectivity index is 2.27. The number of hydrogen-bond donors (Lipinski definition) is 8. The van der Waals surface area contributed by atoms with Crippen molar-refractivity contribution in [2.24, 2.45) is 45.7 Å². The number of rotatable bonds is 19. The Morgan fingerprint density at radius 2 is 1.64 bits per heavy atom. The quantitative estimate of drug-likeness (QED) is 0.0558. The third-order valence-corrected chi connectivity index (χ3v) is 10.5. The van der Waals surface area contributed by atoms with Crippen molar-refractivity contribution in [1.29, 1.82) is 0 Å². The maximum absolute atomic E-state index is 13.8. The van der Waals surface area contributed by atoms with E-state index in [2.05, 4.69) is 20.9 Å². The molecule has 12 N–H and O–H groups in total. The zero-order valence-electron chi connectivity index (χ0n) is 33.1. The van der Waals surface area contributed by atoms with Gasteiger partial charge in [0.1, 0.15) is 29.1 Å². The molecule has 1 fully saturated rings. The number of unbranched alkanes of at least 4 members (excludes halogenated alkanes) is 1. The van der Waals surface area contributed by atoms with Crippen LogP contribution in [0.2, 0.25) is 0 Å². The molecule has 3 amide bonds. The summed E-state index contributed by atoms with van der Waals surface area (Å²) in [7, 11) is 0. The molecule has 0 aliphatic carbocycles. The highest BCUT2D eigenvalue weighted by atomic mass is 16.3. The van der Waals surface area contributed by atoms with Gasteiger partial charge in [0.2, 0.25) is 17.7 Å². The van der Waals surface area contributed by atoms with Crippen LogP contribution in [0.25, 0.3) is 0 Å². The fourth-order valence-corrected chi connectivity index (χ4v) is 6.75. The lowest BCUT2D eigenvalue weighted by Crippen LogP contribution is -2.48. The minimum Gasteiger partial charge on any atom is -0.508 e. The molecule has 16 heteroatoms. The number of aromatic hydroxyl groups is 1. The van der Waals surface area contributed by atoms with Crippen molar-refractivity contribution in [3.8, 4) is 5.75 Å². The summed E-state index contributed by atoms with van der Waals surface area (Å²) in [5.41, 5.74) is 22.9. The molecule has 0 radical (unpaired) electrons. The Morgan fingerprint density at radius 1 is 0.929 bits per heavy atom. The van der Waals surface area contributed by atoms with Crippen LogP contribution in [0.15, 0.2) is 29.3 Å². The van der Waals surface area contributed by atoms with Crippen LogP contribution in [0.5, 0.6) is 5.75 Å². The van der Waals surface area contributed by atoms with Gasteiger partial charge in [-0.05, 0) is 75.1 Å². The predicted molar refractivity (Wildman–Crippen MR) is 213 cm³/mol. The number of phenolic OH excluding ortho intramolecular Hbond substituents is 1. The summed E-state index contributed by atoms with van der Waals surface area (Å²) >= 11 is 0. The SMILES string of the molecule is CC[C@H](C)[C@@H]1NC(=O)CCC(=O)CC[C@@H](C(=O)CC[C@@H](CCCN=C(N)N)C(=O)N[C@@H](Cc2ccc(O)cc2)C(N)=O)NCC(=O)[C@H](CCCCN)CCC1=O. The lowest BCUT2D eigenvalue weighted by Gasteiger charge is -2.25. The molecule has 1 aromatic carbocycles. The van der Waals surface area contributed by atoms with E-state index in [1.165, 1.54) is 12.1 Å². The van der Waals surface area contributed by atoms with Gasteiger partial charge in [0.25, 0.3) is 0 Å². The molecule has 0 aromatic heterocycles. The molecule has 1 aliphatic heterocycles. The fourth-order valence-electron chi connectivity index (χ4n) is 6.75. The number of guanidine groups is 1. The third kappa shape index (κ3) is 17.8. The Hall–Kier alpha value is -4.70. The summed E-state index contributed by atoms with van der Waals surface area (Å²) in [6.07, 6.45) is 3.57. The van der Waals surface area contributed by atoms with Gasteiger partial charge < -0.3 is 44.0 Å². The molecule has 0 saturated carbocycles. The summed E-state index contributed by atoms with van der Waals surface area (Å²) in [5.74, 6) is -3.96. The molecular weight excluding hydrogens is 720 g/mol. The van der Waals surface area contributed by atoms with Crippen LogP contribution in [-0.2, 0) is 40.0 Å². The Labute approximate surface area is 330 Å². The number of nitrogens with two attached hydrogens (primary N) is 4. The van der Waals surface area contributed by atoms with Crippen LogP contribution >= 0.6 is 0 Å². The smallest absolute Gasteiger partial charge is 0.240 e. The molecule has 1 aliphatic rings. The molecule has 0 spiro atoms. The largest absolute Gasteiger partial charge is 0.508 e. The van der Waals surface area contributed by atoms with Gasteiger partial charge in [-0.3, -0.25) is 38.6 Å². The molecular formula is C40H64N8O8. The van der Waals surface area contributed by atoms with Crippen LogP contribution in [0.4, 0.5) is 0 Å². The van der Waals surface area contributed by atoms with Gasteiger partial charge in [-0.2, -0.15) is 0 Å². The van der Waals surface area contributed by atoms with Gasteiger partial charge in [0.15, 0.2) is 11.7 Å². The third-order valence-electron chi connectivity index (χ3n) is 10.5. The molecule has 6 atom stereocenters. The first-order valence-corrected chi connectivity index (χ1v) is 19.9. The van der Waals surface area contributed by atoms with Crippen LogP contribution in [-0.4, -0.2) is 89.7 Å². The van der Waals surface area contributed by atoms with Crippen molar-refractivity contribution < 1.29 is 38.7 Å². The number of aliphatic imine (C=N–C) groups is 1. The highest BCUT2D eigenvalue weighted by molar-refractivity contribution is 5.92. The number of nitrogens with one attached hydrogen (secondary N) is 3. The van der Waals surface area contributed by atoms with Crippen molar-refractivity contribution in [1.82, 2.24) is 16.0 Å². The number of carbonyl (C=O) groups excluding carboxylic acids is 7. The monoisotopic (exact) mass is 784 g/mol. The van der Waals surface area contributed by atoms with E-state index in [1.807, 2.05) is 13.8 Å². The lowest BCUT2D eigenvalue weighted by molar-refractivity contribution is -0.131. The zero-order chi connectivity index (χ0) is 41.6. The van der Waals surface area contributed by atoms with Crippen LogP contribution in [0, 0.1) is 17.8 Å². The van der Waals surface area contributed by atoms with Gasteiger partial charge in [0.05, 0.1) is 18.6 Å². The Morgan fingerprint density at radius 3 is 2.29 bits per heavy atom. The Bertz CT molecular complexity index is 1500. The van der Waals surface area contributed by atoms with E-state index in [9.17, 15) is 38.7 Å². The first-order valence-electron chi connectivity index (χ1n) is 19.9. The number of benzene rings is 1. The second-order valence-electron chi connectivity index (χ2n) is 14.9. The lowest BCUT2D eigenvalue weighted by atomic mass is 9.87. The molecule has 312 valence electrons. The van der Waals surface area contributed by atoms with Gasteiger partial charge in [0, 0.05) is 56.9 Å². The molecule has 2 rings (SSSR count). The molecule has 0 unspecified atom stereocenters. The van der Waals surface area contributed by atoms with Crippen molar-refractivity contribution in [3.63, 3.8) is 0 Å². The second kappa shape index (κ2) is 25.5. The van der Waals surface area contributed by atoms with Crippen molar-refractivity contribution in [2.45, 2.75) is 128 Å². The molecule has 1 heterocycles. The topological polar surface area (TPSA) is 292 Å². The number of ketones is 4. The summed E-state index contributed by atoms with van der Waals surface area (Å²) in [6, 6.07) is 3.46. The van der Waals surface area contributed by atoms with Gasteiger partial charge in [-0.25, -0.2) is 0 Å². The minimum absolute atomic E-state index is 0.0293. The number of hydrogen-bond acceptors (Lipinski definition) is 11. The van der Waals surface area contributed by atoms with E-state index in [1.54, 1.807) is 12.1 Å². The molecule has 1 saturated heterocycles. The number of nitrogens with zero attached hydrogens (tertiary/aromatic N) is 1. The summed E-state index contributed by atoms with van der Waals surface area (Å²) in [5, 5.41) is 18.2. The summed E-state index contributed by atoms with van der Waals surface area (Å²) in [4.78, 5) is 96.6. The molecule has 1 aromatic rings. The number of carbonyl (C=O) groups is 7. The van der Waals surface area contributed by atoms with Crippen LogP contribution in [0.1, 0.15) is 109 Å². The maximum Gasteiger partial charge on any atom is 0.240 e. The Kier molecular flexibility index (Phi) is 21.6. The second-order valence-corrected chi connectivity index (χ2v) is 14.9. The average Bonchev–Trinajstić information content (AvgIpc) is 3.16. The number of amides is 3. The average molecular weight is 785 g/mol. The normalized spacial score (nSPS) is 20.7. The number of primary amides is 1. The highest BCUT2D eigenvalue weighted by Crippen LogP contribution is 2.22. The van der Waals surface area contributed by atoms with Gasteiger partial charge in [-0.1, -0.05) is 38.8 Å². The summed E-state index contributed by atoms with van der Waals surface area (Å²) in [6.45, 7) is 4.35. The van der Waals surface area contributed by atoms with E-state index in [-0.39, 0.29) is 112 Å². The van der Waals surface area contributed by atoms with Crippen molar-refractivity contribution in [3.05, 3.63) is 29.8 Å². The number of Topliss-reactive ketones (excluding diaryl/α,β-unsaturated/α-hetero) is 4. The zero-order valence-corrected chi connectivity index (χ0v) is 33.1. The predicted octanol–water partition coefficient (Wildman–Crippen LogP) is 1.22. The van der Waals surface area contributed by atoms with Gasteiger partial charge in [-0.15, -0.1) is 0 Å². The van der Waals surface area contributed by atoms with Crippen LogP contribution < -0.4 is 38.9 Å².